The summed E-state index contributed by atoms with van der Waals surface area (Å²) in [6.45, 7) is 16.8. The van der Waals surface area contributed by atoms with Gasteiger partial charge in [0.2, 0.25) is 23.6 Å². The maximum atomic E-state index is 14.8. The van der Waals surface area contributed by atoms with Crippen LogP contribution in [0.4, 0.5) is 9.59 Å². The molecule has 3 rings (SSSR count). The number of hydrogen-bond donors (Lipinski definition) is 7. The van der Waals surface area contributed by atoms with Crippen molar-refractivity contribution in [2.75, 3.05) is 31.3 Å². The summed E-state index contributed by atoms with van der Waals surface area (Å²) in [4.78, 5) is 81.2. The van der Waals surface area contributed by atoms with Crippen LogP contribution in [0.15, 0.2) is 91.0 Å². The van der Waals surface area contributed by atoms with Crippen LogP contribution >= 0.6 is 23.4 Å². The van der Waals surface area contributed by atoms with Crippen molar-refractivity contribution in [1.82, 2.24) is 31.9 Å². The highest BCUT2D eigenvalue weighted by molar-refractivity contribution is 8.00. The number of aliphatic hydroxyl groups is 1. The Morgan fingerprint density at radius 2 is 1.06 bits per heavy atom. The highest BCUT2D eigenvalue weighted by Gasteiger charge is 2.40. The summed E-state index contributed by atoms with van der Waals surface area (Å²) in [5.74, 6) is -3.25. The molecule has 3 aromatic rings. The van der Waals surface area contributed by atoms with Crippen molar-refractivity contribution in [1.29, 1.82) is 0 Å². The molecular weight excluding hydrogens is 924 g/mol. The standard InChI is InChI=1S/C51H73ClN6O10S/c1-34(66-48(2,3)4)40(32-59)56-45(63)41(33-69-51(35-22-14-11-15-23-35,36-24-16-12-17-25-36)37-26-18-13-19-27-37)57-43(61)38(28-20-21-29-53-46(64)67-49(5,6)7)55-44(62)39(31-54-42(60)30-52)58-47(65)68-50(8,9)10/h11-19,22-27,34,38-41,59H,20-21,28-33H2,1-10H3,(H,53,64)(H,54,60)(H,55,62)(H,56,63)(H,57,61)(H,58,65)/t34-,38+,39+,40-,41+/m1/s1. The lowest BCUT2D eigenvalue weighted by molar-refractivity contribution is -0.133. The van der Waals surface area contributed by atoms with Gasteiger partial charge in [0.1, 0.15) is 35.2 Å². The zero-order valence-electron chi connectivity index (χ0n) is 41.6. The first-order valence-corrected chi connectivity index (χ1v) is 24.7. The lowest BCUT2D eigenvalue weighted by Gasteiger charge is -2.37. The third-order valence-electron chi connectivity index (χ3n) is 10.1. The zero-order valence-corrected chi connectivity index (χ0v) is 43.2. The maximum absolute atomic E-state index is 14.8. The number of ether oxygens (including phenoxy) is 3. The van der Waals surface area contributed by atoms with Gasteiger partial charge in [0.05, 0.1) is 29.1 Å². The fraction of sp³-hybridized carbons (Fsp3) is 0.529. The summed E-state index contributed by atoms with van der Waals surface area (Å²) < 4.78 is 16.0. The van der Waals surface area contributed by atoms with E-state index in [0.717, 1.165) is 16.7 Å². The number of alkyl halides is 1. The Hall–Kier alpha value is -5.36. The topological polar surface area (TPSA) is 223 Å². The van der Waals surface area contributed by atoms with E-state index in [1.54, 1.807) is 48.5 Å². The van der Waals surface area contributed by atoms with Crippen LogP contribution in [0.5, 0.6) is 0 Å². The molecule has 0 saturated carbocycles. The number of hydrogen-bond acceptors (Lipinski definition) is 11. The molecule has 0 aliphatic rings. The summed E-state index contributed by atoms with van der Waals surface area (Å²) >= 11 is 7.14. The Balaban J connectivity index is 2.11. The van der Waals surface area contributed by atoms with E-state index < -0.39 is 107 Å². The normalized spacial score (nSPS) is 14.1. The second-order valence-electron chi connectivity index (χ2n) is 19.5. The number of unbranched alkanes of at least 4 members (excludes halogenated alkanes) is 1. The van der Waals surface area contributed by atoms with Crippen LogP contribution in [0.1, 0.15) is 105 Å². The minimum atomic E-state index is -1.43. The number of alkyl carbamates (subject to hydrolysis) is 2. The van der Waals surface area contributed by atoms with E-state index in [2.05, 4.69) is 31.9 Å². The second-order valence-corrected chi connectivity index (χ2v) is 21.0. The van der Waals surface area contributed by atoms with Crippen molar-refractivity contribution in [3.63, 3.8) is 0 Å². The average Bonchev–Trinajstić information content (AvgIpc) is 3.27. The smallest absolute Gasteiger partial charge is 0.408 e. The molecule has 3 aromatic carbocycles. The minimum Gasteiger partial charge on any atom is -0.444 e. The van der Waals surface area contributed by atoms with E-state index in [-0.39, 0.29) is 18.7 Å². The molecule has 6 amide bonds. The van der Waals surface area contributed by atoms with Crippen LogP contribution in [0, 0.1) is 0 Å². The Morgan fingerprint density at radius 3 is 1.52 bits per heavy atom. The summed E-state index contributed by atoms with van der Waals surface area (Å²) in [5, 5.41) is 26.8. The first kappa shape index (κ1) is 58.0. The lowest BCUT2D eigenvalue weighted by Crippen LogP contribution is -2.60. The molecule has 69 heavy (non-hydrogen) atoms. The third-order valence-corrected chi connectivity index (χ3v) is 12.0. The monoisotopic (exact) mass is 996 g/mol. The molecule has 0 fully saturated rings. The van der Waals surface area contributed by atoms with Gasteiger partial charge in [0, 0.05) is 18.8 Å². The quantitative estimate of drug-likeness (QED) is 0.0300. The maximum Gasteiger partial charge on any atom is 0.408 e. The van der Waals surface area contributed by atoms with Crippen LogP contribution in [-0.4, -0.2) is 119 Å². The van der Waals surface area contributed by atoms with Gasteiger partial charge in [-0.3, -0.25) is 19.2 Å². The third kappa shape index (κ3) is 20.3. The summed E-state index contributed by atoms with van der Waals surface area (Å²) in [5.41, 5.74) is 0.468. The van der Waals surface area contributed by atoms with Gasteiger partial charge in [-0.15, -0.1) is 23.4 Å². The van der Waals surface area contributed by atoms with Crippen LogP contribution in [-0.2, 0) is 38.1 Å². The summed E-state index contributed by atoms with van der Waals surface area (Å²) in [6.07, 6.45) is -1.54. The Labute approximate surface area is 416 Å². The van der Waals surface area contributed by atoms with Gasteiger partial charge in [-0.05, 0) is 105 Å². The first-order chi connectivity index (χ1) is 32.4. The molecule has 18 heteroatoms. The predicted molar refractivity (Wildman–Crippen MR) is 270 cm³/mol. The number of halogens is 1. The first-order valence-electron chi connectivity index (χ1n) is 23.2. The van der Waals surface area contributed by atoms with Gasteiger partial charge in [0.15, 0.2) is 0 Å². The number of amides is 6. The summed E-state index contributed by atoms with van der Waals surface area (Å²) in [7, 11) is 0. The molecular formula is C51H73ClN6O10S. The number of benzene rings is 3. The van der Waals surface area contributed by atoms with Crippen molar-refractivity contribution >= 4 is 59.2 Å². The zero-order chi connectivity index (χ0) is 51.4. The molecule has 5 atom stereocenters. The highest BCUT2D eigenvalue weighted by Crippen LogP contribution is 2.48. The molecule has 0 aromatic heterocycles. The number of carbonyl (C=O) groups excluding carboxylic acids is 6. The van der Waals surface area contributed by atoms with Crippen molar-refractivity contribution in [2.24, 2.45) is 0 Å². The van der Waals surface area contributed by atoms with E-state index >= 15 is 0 Å². The Kier molecular flexibility index (Phi) is 22.8. The number of nitrogens with one attached hydrogen (secondary N) is 6. The molecule has 0 heterocycles. The van der Waals surface area contributed by atoms with Crippen molar-refractivity contribution in [2.45, 2.75) is 140 Å². The molecule has 0 spiro atoms. The molecule has 0 aliphatic heterocycles. The predicted octanol–water partition coefficient (Wildman–Crippen LogP) is 6.31. The van der Waals surface area contributed by atoms with Crippen LogP contribution in [0.2, 0.25) is 0 Å². The van der Waals surface area contributed by atoms with Gasteiger partial charge in [0.25, 0.3) is 0 Å². The number of carbonyl (C=O) groups is 6. The molecule has 0 saturated heterocycles. The van der Waals surface area contributed by atoms with E-state index in [0.29, 0.717) is 12.8 Å². The van der Waals surface area contributed by atoms with E-state index in [9.17, 15) is 33.9 Å². The molecule has 0 aliphatic carbocycles. The van der Waals surface area contributed by atoms with Crippen LogP contribution in [0.3, 0.4) is 0 Å². The molecule has 380 valence electrons. The number of rotatable bonds is 24. The second kappa shape index (κ2) is 27.1. The van der Waals surface area contributed by atoms with Gasteiger partial charge in [-0.2, -0.15) is 0 Å². The Bertz CT molecular complexity index is 2000. The minimum absolute atomic E-state index is 0.0138. The van der Waals surface area contributed by atoms with Crippen molar-refractivity contribution in [3.05, 3.63) is 108 Å². The van der Waals surface area contributed by atoms with Crippen LogP contribution < -0.4 is 31.9 Å². The summed E-state index contributed by atoms with van der Waals surface area (Å²) in [6, 6.07) is 24.5. The number of aliphatic hydroxyl groups excluding tert-OH is 1. The molecule has 0 bridgehead atoms. The van der Waals surface area contributed by atoms with Gasteiger partial charge < -0.3 is 51.2 Å². The lowest BCUT2D eigenvalue weighted by atomic mass is 9.84. The van der Waals surface area contributed by atoms with Gasteiger partial charge >= 0.3 is 12.2 Å². The molecule has 16 nitrogen and oxygen atoms in total. The van der Waals surface area contributed by atoms with Crippen molar-refractivity contribution in [3.8, 4) is 0 Å². The fourth-order valence-electron chi connectivity index (χ4n) is 7.11. The van der Waals surface area contributed by atoms with E-state index in [1.165, 1.54) is 11.8 Å². The fourth-order valence-corrected chi connectivity index (χ4v) is 8.76. The van der Waals surface area contributed by atoms with Crippen LogP contribution in [0.25, 0.3) is 0 Å². The highest BCUT2D eigenvalue weighted by atomic mass is 35.5. The van der Waals surface area contributed by atoms with Gasteiger partial charge in [-0.1, -0.05) is 91.0 Å². The SMILES string of the molecule is C[C@@H](OC(C)(C)C)[C@@H](CO)NC(=O)[C@H](CSC(c1ccccc1)(c1ccccc1)c1ccccc1)NC(=O)[C@H](CCCCNC(=O)OC(C)(C)C)NC(=O)[C@H](CNC(=O)CCl)NC(=O)OC(C)(C)C. The largest absolute Gasteiger partial charge is 0.444 e. The molecule has 0 unspecified atom stereocenters. The Morgan fingerprint density at radius 1 is 0.594 bits per heavy atom. The number of thioether (sulfide) groups is 1. The van der Waals surface area contributed by atoms with E-state index in [1.807, 2.05) is 112 Å². The van der Waals surface area contributed by atoms with E-state index in [4.69, 9.17) is 25.8 Å². The van der Waals surface area contributed by atoms with Gasteiger partial charge in [-0.25, -0.2) is 9.59 Å². The molecule has 7 N–H and O–H groups in total. The van der Waals surface area contributed by atoms with Crippen molar-refractivity contribution < 1.29 is 48.1 Å². The average molecular weight is 998 g/mol. The molecule has 0 radical (unpaired) electrons.